The van der Waals surface area contributed by atoms with E-state index < -0.39 is 4.92 Å². The lowest BCUT2D eigenvalue weighted by Crippen LogP contribution is -2.07. The van der Waals surface area contributed by atoms with Gasteiger partial charge in [0, 0.05) is 29.6 Å². The quantitative estimate of drug-likeness (QED) is 0.509. The highest BCUT2D eigenvalue weighted by molar-refractivity contribution is 6.33. The molecule has 0 saturated carbocycles. The van der Waals surface area contributed by atoms with Gasteiger partial charge in [-0.2, -0.15) is 4.98 Å². The van der Waals surface area contributed by atoms with Crippen molar-refractivity contribution in [1.82, 2.24) is 15.1 Å². The highest BCUT2D eigenvalue weighted by Crippen LogP contribution is 2.24. The summed E-state index contributed by atoms with van der Waals surface area (Å²) in [6, 6.07) is 8.38. The van der Waals surface area contributed by atoms with Crippen molar-refractivity contribution in [2.24, 2.45) is 0 Å². The van der Waals surface area contributed by atoms with Gasteiger partial charge >= 0.3 is 0 Å². The second-order valence-corrected chi connectivity index (χ2v) is 5.82. The Morgan fingerprint density at radius 3 is 2.84 bits per heavy atom. The van der Waals surface area contributed by atoms with E-state index in [4.69, 9.17) is 27.7 Å². The van der Waals surface area contributed by atoms with E-state index in [2.05, 4.69) is 20.4 Å². The Hall–Kier alpha value is -2.71. The highest BCUT2D eigenvalue weighted by atomic mass is 35.5. The first-order chi connectivity index (χ1) is 12.0. The van der Waals surface area contributed by atoms with Crippen LogP contribution in [0.3, 0.4) is 0 Å². The Morgan fingerprint density at radius 1 is 1.28 bits per heavy atom. The van der Waals surface area contributed by atoms with Gasteiger partial charge in [0.05, 0.1) is 9.95 Å². The van der Waals surface area contributed by atoms with Crippen LogP contribution < -0.4 is 5.32 Å². The summed E-state index contributed by atoms with van der Waals surface area (Å²) < 4.78 is 5.19. The zero-order valence-corrected chi connectivity index (χ0v) is 14.2. The molecule has 1 N–H and O–H groups in total. The maximum atomic E-state index is 10.7. The average molecular weight is 380 g/mol. The van der Waals surface area contributed by atoms with Gasteiger partial charge in [0.25, 0.3) is 5.69 Å². The molecule has 0 saturated heterocycles. The van der Waals surface area contributed by atoms with Crippen LogP contribution in [-0.4, -0.2) is 26.6 Å². The second kappa shape index (κ2) is 7.45. The molecule has 0 amide bonds. The van der Waals surface area contributed by atoms with Gasteiger partial charge in [0.2, 0.25) is 11.7 Å². The average Bonchev–Trinajstić information content (AvgIpc) is 3.05. The van der Waals surface area contributed by atoms with Crippen molar-refractivity contribution in [3.8, 4) is 11.4 Å². The number of aromatic nitrogens is 3. The van der Waals surface area contributed by atoms with Gasteiger partial charge in [-0.25, -0.2) is 4.98 Å². The monoisotopic (exact) mass is 379 g/mol. The molecule has 0 radical (unpaired) electrons. The van der Waals surface area contributed by atoms with Crippen LogP contribution >= 0.6 is 23.2 Å². The van der Waals surface area contributed by atoms with E-state index in [9.17, 15) is 10.1 Å². The molecular formula is C15H11Cl2N5O3. The minimum atomic E-state index is -0.557. The van der Waals surface area contributed by atoms with Crippen molar-refractivity contribution >= 4 is 34.7 Å². The fraction of sp³-hybridized carbons (Fsp3) is 0.133. The normalized spacial score (nSPS) is 10.6. The lowest BCUT2D eigenvalue weighted by Gasteiger charge is -2.05. The van der Waals surface area contributed by atoms with E-state index in [1.54, 1.807) is 18.2 Å². The summed E-state index contributed by atoms with van der Waals surface area (Å²) in [4.78, 5) is 18.3. The molecule has 0 bridgehead atoms. The Bertz CT molecular complexity index is 916. The number of rotatable bonds is 6. The lowest BCUT2D eigenvalue weighted by atomic mass is 10.2. The van der Waals surface area contributed by atoms with Crippen molar-refractivity contribution < 1.29 is 9.45 Å². The van der Waals surface area contributed by atoms with Crippen LogP contribution in [0.5, 0.6) is 0 Å². The third-order valence-corrected chi connectivity index (χ3v) is 3.74. The molecule has 0 spiro atoms. The van der Waals surface area contributed by atoms with Gasteiger partial charge in [-0.05, 0) is 12.1 Å². The Kier molecular flexibility index (Phi) is 5.11. The Morgan fingerprint density at radius 2 is 2.12 bits per heavy atom. The molecule has 0 fully saturated rings. The van der Waals surface area contributed by atoms with E-state index in [-0.39, 0.29) is 10.7 Å². The molecule has 0 unspecified atom stereocenters. The van der Waals surface area contributed by atoms with Crippen molar-refractivity contribution in [2.75, 3.05) is 11.9 Å². The van der Waals surface area contributed by atoms with E-state index in [1.807, 2.05) is 6.07 Å². The second-order valence-electron chi connectivity index (χ2n) is 4.98. The highest BCUT2D eigenvalue weighted by Gasteiger charge is 2.12. The number of nitrogens with one attached hydrogen (secondary N) is 1. The van der Waals surface area contributed by atoms with E-state index >= 15 is 0 Å². The third-order valence-electron chi connectivity index (χ3n) is 3.22. The van der Waals surface area contributed by atoms with Crippen LogP contribution in [0, 0.1) is 10.1 Å². The van der Waals surface area contributed by atoms with Crippen molar-refractivity contribution in [3.05, 3.63) is 62.6 Å². The van der Waals surface area contributed by atoms with Gasteiger partial charge in [-0.15, -0.1) is 0 Å². The molecule has 3 aromatic rings. The molecule has 25 heavy (non-hydrogen) atoms. The molecule has 3 rings (SSSR count). The summed E-state index contributed by atoms with van der Waals surface area (Å²) in [6.07, 6.45) is 1.57. The minimum Gasteiger partial charge on any atom is -0.368 e. The van der Waals surface area contributed by atoms with Crippen LogP contribution in [0.1, 0.15) is 5.89 Å². The van der Waals surface area contributed by atoms with Gasteiger partial charge in [0.1, 0.15) is 12.0 Å². The minimum absolute atomic E-state index is 0.166. The van der Waals surface area contributed by atoms with Gasteiger partial charge in [-0.3, -0.25) is 10.1 Å². The third kappa shape index (κ3) is 4.23. The summed E-state index contributed by atoms with van der Waals surface area (Å²) in [6.45, 7) is 0.418. The van der Waals surface area contributed by atoms with Crippen LogP contribution in [0.4, 0.5) is 11.5 Å². The molecule has 0 atom stereocenters. The van der Waals surface area contributed by atoms with Gasteiger partial charge in [0.15, 0.2) is 0 Å². The maximum absolute atomic E-state index is 10.7. The standard InChI is InChI=1S/C15H11Cl2N5O3/c16-10-3-1-2-9(6-10)14-20-13(25-21-14)4-5-18-15-12(17)7-11(8-19-15)22(23)24/h1-3,6-8H,4-5H2,(H,18,19). The molecule has 2 heterocycles. The smallest absolute Gasteiger partial charge is 0.289 e. The van der Waals surface area contributed by atoms with E-state index in [0.717, 1.165) is 11.8 Å². The van der Waals surface area contributed by atoms with Crippen LogP contribution in [-0.2, 0) is 6.42 Å². The number of pyridine rings is 1. The largest absolute Gasteiger partial charge is 0.368 e. The van der Waals surface area contributed by atoms with E-state index in [1.165, 1.54) is 6.07 Å². The molecular weight excluding hydrogens is 369 g/mol. The fourth-order valence-corrected chi connectivity index (χ4v) is 2.46. The van der Waals surface area contributed by atoms with Crippen molar-refractivity contribution in [2.45, 2.75) is 6.42 Å². The molecule has 8 nitrogen and oxygen atoms in total. The number of anilines is 1. The topological polar surface area (TPSA) is 107 Å². The SMILES string of the molecule is O=[N+]([O-])c1cnc(NCCc2nc(-c3cccc(Cl)c3)no2)c(Cl)c1. The first kappa shape index (κ1) is 17.1. The van der Waals surface area contributed by atoms with Gasteiger partial charge < -0.3 is 9.84 Å². The van der Waals surface area contributed by atoms with Crippen LogP contribution in [0.25, 0.3) is 11.4 Å². The van der Waals surface area contributed by atoms with E-state index in [0.29, 0.717) is 35.5 Å². The summed E-state index contributed by atoms with van der Waals surface area (Å²) in [5.41, 5.74) is 0.592. The predicted octanol–water partition coefficient (Wildman–Crippen LogP) is 4.00. The van der Waals surface area contributed by atoms with Crippen molar-refractivity contribution in [1.29, 1.82) is 0 Å². The molecule has 0 aliphatic heterocycles. The predicted molar refractivity (Wildman–Crippen MR) is 92.8 cm³/mol. The summed E-state index contributed by atoms with van der Waals surface area (Å²) in [5.74, 6) is 1.23. The molecule has 0 aliphatic carbocycles. The molecule has 128 valence electrons. The number of halogens is 2. The lowest BCUT2D eigenvalue weighted by molar-refractivity contribution is -0.385. The molecule has 1 aromatic carbocycles. The zero-order valence-electron chi connectivity index (χ0n) is 12.6. The Labute approximate surface area is 151 Å². The fourth-order valence-electron chi connectivity index (χ4n) is 2.05. The number of hydrogen-bond donors (Lipinski definition) is 1. The number of nitro groups is 1. The number of hydrogen-bond acceptors (Lipinski definition) is 7. The van der Waals surface area contributed by atoms with Crippen LogP contribution in [0.2, 0.25) is 10.0 Å². The summed E-state index contributed by atoms with van der Waals surface area (Å²) >= 11 is 11.9. The first-order valence-electron chi connectivity index (χ1n) is 7.15. The molecule has 2 aromatic heterocycles. The van der Waals surface area contributed by atoms with Crippen LogP contribution in [0.15, 0.2) is 41.1 Å². The molecule has 10 heteroatoms. The summed E-state index contributed by atoms with van der Waals surface area (Å²) in [5, 5.41) is 18.3. The zero-order chi connectivity index (χ0) is 17.8. The van der Waals surface area contributed by atoms with Crippen molar-refractivity contribution in [3.63, 3.8) is 0 Å². The molecule has 0 aliphatic rings. The number of benzene rings is 1. The maximum Gasteiger partial charge on any atom is 0.289 e. The first-order valence-corrected chi connectivity index (χ1v) is 7.91. The van der Waals surface area contributed by atoms with Gasteiger partial charge in [-0.1, -0.05) is 40.5 Å². The number of nitrogens with zero attached hydrogens (tertiary/aromatic N) is 4. The Balaban J connectivity index is 1.61. The summed E-state index contributed by atoms with van der Waals surface area (Å²) in [7, 11) is 0.